The van der Waals surface area contributed by atoms with Crippen molar-refractivity contribution in [3.05, 3.63) is 27.8 Å². The number of nitrogens with two attached hydrogens (primary N) is 1. The van der Waals surface area contributed by atoms with Crippen LogP contribution in [0, 0.1) is 10.1 Å². The molecule has 1 aromatic carbocycles. The Kier molecular flexibility index (Phi) is 4.77. The predicted octanol–water partition coefficient (Wildman–Crippen LogP) is 2.65. The number of phenolic OH excluding ortho intramolecular Hbond substituents is 1. The fraction of sp³-hybridized carbons (Fsp3) is 0.455. The summed E-state index contributed by atoms with van der Waals surface area (Å²) in [7, 11) is 1.17. The molecular weight excluding hydrogens is 281 g/mol. The molecule has 0 aliphatic carbocycles. The lowest BCUT2D eigenvalue weighted by atomic mass is 10.0. The Balaban J connectivity index is 3.06. The van der Waals surface area contributed by atoms with E-state index in [2.05, 4.69) is 0 Å². The molecule has 0 aromatic heterocycles. The van der Waals surface area contributed by atoms with Crippen molar-refractivity contribution in [3.8, 4) is 11.5 Å². The van der Waals surface area contributed by atoms with Crippen molar-refractivity contribution >= 4 is 5.69 Å². The summed E-state index contributed by atoms with van der Waals surface area (Å²) in [4.78, 5) is 9.89. The highest BCUT2D eigenvalue weighted by Gasteiger charge is 2.29. The van der Waals surface area contributed by atoms with Crippen LogP contribution in [0.25, 0.3) is 0 Å². The molecule has 0 heterocycles. The van der Waals surface area contributed by atoms with E-state index in [9.17, 15) is 28.4 Å². The van der Waals surface area contributed by atoms with Gasteiger partial charge in [-0.2, -0.15) is 13.2 Å². The number of benzene rings is 1. The zero-order chi connectivity index (χ0) is 15.5. The highest BCUT2D eigenvalue weighted by molar-refractivity contribution is 5.57. The van der Waals surface area contributed by atoms with Gasteiger partial charge in [0, 0.05) is 18.5 Å². The van der Waals surface area contributed by atoms with Crippen LogP contribution in [0.2, 0.25) is 0 Å². The minimum atomic E-state index is -4.36. The number of nitrogens with zero attached hydrogens (tertiary/aromatic N) is 1. The first-order valence-electron chi connectivity index (χ1n) is 5.53. The van der Waals surface area contributed by atoms with E-state index >= 15 is 0 Å². The van der Waals surface area contributed by atoms with Crippen molar-refractivity contribution in [2.75, 3.05) is 7.11 Å². The van der Waals surface area contributed by atoms with E-state index in [1.165, 1.54) is 13.2 Å². The number of aromatic hydroxyl groups is 1. The average molecular weight is 294 g/mol. The molecule has 0 aliphatic rings. The number of rotatable bonds is 5. The molecule has 1 rings (SSSR count). The zero-order valence-corrected chi connectivity index (χ0v) is 10.5. The lowest BCUT2D eigenvalue weighted by molar-refractivity contribution is -0.386. The third-order valence-corrected chi connectivity index (χ3v) is 2.66. The number of ether oxygens (including phenoxy) is 1. The van der Waals surface area contributed by atoms with Gasteiger partial charge < -0.3 is 15.6 Å². The van der Waals surface area contributed by atoms with E-state index in [4.69, 9.17) is 10.5 Å². The fourth-order valence-electron chi connectivity index (χ4n) is 1.61. The van der Waals surface area contributed by atoms with E-state index < -0.39 is 41.4 Å². The molecule has 3 N–H and O–H groups in total. The molecule has 0 amide bonds. The topological polar surface area (TPSA) is 98.6 Å². The molecule has 0 fully saturated rings. The average Bonchev–Trinajstić information content (AvgIpc) is 2.35. The van der Waals surface area contributed by atoms with Crippen LogP contribution in [0.15, 0.2) is 12.1 Å². The molecule has 0 radical (unpaired) electrons. The maximum Gasteiger partial charge on any atom is 0.389 e. The molecule has 0 saturated carbocycles. The van der Waals surface area contributed by atoms with Gasteiger partial charge in [0.05, 0.1) is 12.0 Å². The van der Waals surface area contributed by atoms with Gasteiger partial charge in [-0.1, -0.05) is 0 Å². The molecule has 1 atom stereocenters. The van der Waals surface area contributed by atoms with Crippen LogP contribution in [-0.4, -0.2) is 23.3 Å². The van der Waals surface area contributed by atoms with Gasteiger partial charge in [0.25, 0.3) is 0 Å². The number of hydrogen-bond donors (Lipinski definition) is 2. The Labute approximate surface area is 112 Å². The van der Waals surface area contributed by atoms with Crippen LogP contribution in [0.4, 0.5) is 18.9 Å². The molecule has 0 bridgehead atoms. The van der Waals surface area contributed by atoms with Crippen molar-refractivity contribution in [1.82, 2.24) is 0 Å². The molecule has 6 nitrogen and oxygen atoms in total. The summed E-state index contributed by atoms with van der Waals surface area (Å²) < 4.78 is 41.1. The Morgan fingerprint density at radius 1 is 1.50 bits per heavy atom. The van der Waals surface area contributed by atoms with E-state index in [1.807, 2.05) is 0 Å². The quantitative estimate of drug-likeness (QED) is 0.642. The van der Waals surface area contributed by atoms with Gasteiger partial charge in [-0.15, -0.1) is 0 Å². The number of nitro groups is 1. The normalized spacial score (nSPS) is 13.1. The van der Waals surface area contributed by atoms with Gasteiger partial charge in [0.1, 0.15) is 0 Å². The first-order chi connectivity index (χ1) is 9.15. The van der Waals surface area contributed by atoms with Gasteiger partial charge in [-0.05, 0) is 18.1 Å². The first-order valence-corrected chi connectivity index (χ1v) is 5.53. The smallest absolute Gasteiger partial charge is 0.389 e. The zero-order valence-electron chi connectivity index (χ0n) is 10.5. The fourth-order valence-corrected chi connectivity index (χ4v) is 1.61. The summed E-state index contributed by atoms with van der Waals surface area (Å²) in [5, 5.41) is 20.3. The second-order valence-electron chi connectivity index (χ2n) is 4.11. The van der Waals surface area contributed by atoms with Crippen LogP contribution in [0.1, 0.15) is 24.4 Å². The summed E-state index contributed by atoms with van der Waals surface area (Å²) in [5.41, 5.74) is 5.01. The lowest BCUT2D eigenvalue weighted by Crippen LogP contribution is -2.16. The number of methoxy groups -OCH3 is 1. The van der Waals surface area contributed by atoms with Gasteiger partial charge in [0.2, 0.25) is 5.75 Å². The minimum absolute atomic E-state index is 0.0931. The van der Waals surface area contributed by atoms with Gasteiger partial charge >= 0.3 is 11.9 Å². The summed E-state index contributed by atoms with van der Waals surface area (Å²) in [6.45, 7) is 0. The van der Waals surface area contributed by atoms with Gasteiger partial charge in [0.15, 0.2) is 5.75 Å². The Bertz CT molecular complexity index is 505. The van der Waals surface area contributed by atoms with E-state index in [1.54, 1.807) is 0 Å². The molecule has 0 aliphatic heterocycles. The SMILES string of the molecule is COc1cc([C@H](N)CCC(F)(F)F)cc([N+](=O)[O-])c1O. The predicted molar refractivity (Wildman–Crippen MR) is 63.5 cm³/mol. The summed E-state index contributed by atoms with van der Waals surface area (Å²) in [6, 6.07) is 1.08. The molecule has 1 aromatic rings. The van der Waals surface area contributed by atoms with Crippen LogP contribution in [0.3, 0.4) is 0 Å². The number of hydrogen-bond acceptors (Lipinski definition) is 5. The maximum absolute atomic E-state index is 12.1. The highest BCUT2D eigenvalue weighted by Crippen LogP contribution is 2.39. The third kappa shape index (κ3) is 3.98. The molecule has 0 spiro atoms. The van der Waals surface area contributed by atoms with Crippen LogP contribution < -0.4 is 10.5 Å². The third-order valence-electron chi connectivity index (χ3n) is 2.66. The molecule has 112 valence electrons. The second-order valence-corrected chi connectivity index (χ2v) is 4.11. The largest absolute Gasteiger partial charge is 0.500 e. The molecule has 0 unspecified atom stereocenters. The number of halogens is 3. The van der Waals surface area contributed by atoms with Crippen LogP contribution in [0.5, 0.6) is 11.5 Å². The summed E-state index contributed by atoms with van der Waals surface area (Å²) in [6.07, 6.45) is -5.88. The number of phenols is 1. The molecule has 20 heavy (non-hydrogen) atoms. The summed E-state index contributed by atoms with van der Waals surface area (Å²) in [5.74, 6) is -0.902. The monoisotopic (exact) mass is 294 g/mol. The van der Waals surface area contributed by atoms with Crippen molar-refractivity contribution in [3.63, 3.8) is 0 Å². The van der Waals surface area contributed by atoms with Crippen molar-refractivity contribution in [2.24, 2.45) is 5.73 Å². The minimum Gasteiger partial charge on any atom is -0.500 e. The van der Waals surface area contributed by atoms with Gasteiger partial charge in [-0.3, -0.25) is 10.1 Å². The standard InChI is InChI=1S/C11H13F3N2O4/c1-20-9-5-6(4-8(10(9)17)16(18)19)7(15)2-3-11(12,13)14/h4-5,7,17H,2-3,15H2,1H3/t7-/m1/s1. The Hall–Kier alpha value is -2.03. The maximum atomic E-state index is 12.1. The van der Waals surface area contributed by atoms with Gasteiger partial charge in [-0.25, -0.2) is 0 Å². The number of nitro benzene ring substituents is 1. The lowest BCUT2D eigenvalue weighted by Gasteiger charge is -2.15. The van der Waals surface area contributed by atoms with E-state index in [0.29, 0.717) is 0 Å². The Morgan fingerprint density at radius 2 is 2.10 bits per heavy atom. The summed E-state index contributed by atoms with van der Waals surface area (Å²) >= 11 is 0. The van der Waals surface area contributed by atoms with Crippen molar-refractivity contribution in [1.29, 1.82) is 0 Å². The van der Waals surface area contributed by atoms with E-state index in [-0.39, 0.29) is 11.3 Å². The van der Waals surface area contributed by atoms with Crippen molar-refractivity contribution in [2.45, 2.75) is 25.1 Å². The first kappa shape index (κ1) is 16.0. The van der Waals surface area contributed by atoms with Crippen LogP contribution in [-0.2, 0) is 0 Å². The number of alkyl halides is 3. The van der Waals surface area contributed by atoms with Crippen LogP contribution >= 0.6 is 0 Å². The molecular formula is C11H13F3N2O4. The molecule has 9 heteroatoms. The van der Waals surface area contributed by atoms with E-state index in [0.717, 1.165) is 6.07 Å². The Morgan fingerprint density at radius 3 is 2.55 bits per heavy atom. The highest BCUT2D eigenvalue weighted by atomic mass is 19.4. The second kappa shape index (κ2) is 5.95. The molecule has 0 saturated heterocycles. The van der Waals surface area contributed by atoms with Crippen molar-refractivity contribution < 1.29 is 27.9 Å².